The van der Waals surface area contributed by atoms with Crippen molar-refractivity contribution >= 4 is 23.5 Å². The molecule has 25 heavy (non-hydrogen) atoms. The molecule has 4 nitrogen and oxygen atoms in total. The average Bonchev–Trinajstić information content (AvgIpc) is 2.55. The molecule has 0 saturated heterocycles. The fourth-order valence-corrected chi connectivity index (χ4v) is 3.35. The molecule has 1 atom stereocenters. The van der Waals surface area contributed by atoms with Crippen molar-refractivity contribution in [3.63, 3.8) is 0 Å². The highest BCUT2D eigenvalue weighted by Crippen LogP contribution is 2.32. The van der Waals surface area contributed by atoms with Crippen LogP contribution in [-0.4, -0.2) is 28.5 Å². The summed E-state index contributed by atoms with van der Waals surface area (Å²) in [6.07, 6.45) is 0.589. The number of aliphatic hydroxyl groups excluding tert-OH is 1. The number of rotatable bonds is 6. The second kappa shape index (κ2) is 8.92. The molecule has 0 spiro atoms. The summed E-state index contributed by atoms with van der Waals surface area (Å²) in [6, 6.07) is 16.9. The van der Waals surface area contributed by atoms with Crippen molar-refractivity contribution in [1.29, 1.82) is 0 Å². The van der Waals surface area contributed by atoms with Gasteiger partial charge in [0.15, 0.2) is 0 Å². The van der Waals surface area contributed by atoms with Gasteiger partial charge in [-0.15, -0.1) is 11.8 Å². The van der Waals surface area contributed by atoms with Crippen LogP contribution in [-0.2, 0) is 6.42 Å². The first-order valence-corrected chi connectivity index (χ1v) is 9.19. The molecule has 0 aliphatic carbocycles. The molecular formula is C20H26N2O2S. The summed E-state index contributed by atoms with van der Waals surface area (Å²) in [6.45, 7) is 6.39. The number of carbonyl (C=O) groups is 1. The Balaban J connectivity index is 1.88. The van der Waals surface area contributed by atoms with E-state index in [-0.39, 0.29) is 23.4 Å². The number of carbonyl (C=O) groups excluding carboxylic acids is 1. The van der Waals surface area contributed by atoms with Crippen molar-refractivity contribution in [3.8, 4) is 0 Å². The van der Waals surface area contributed by atoms with Gasteiger partial charge in [0, 0.05) is 15.3 Å². The zero-order valence-electron chi connectivity index (χ0n) is 15.0. The molecule has 2 amide bonds. The molecular weight excluding hydrogens is 332 g/mol. The molecule has 2 aromatic rings. The number of aliphatic hydroxyl groups is 1. The van der Waals surface area contributed by atoms with Crippen LogP contribution in [0.3, 0.4) is 0 Å². The first kappa shape index (κ1) is 19.3. The van der Waals surface area contributed by atoms with Crippen LogP contribution in [0.2, 0.25) is 0 Å². The van der Waals surface area contributed by atoms with Crippen LogP contribution in [0, 0.1) is 0 Å². The number of nitrogens with one attached hydrogen (secondary N) is 2. The number of urea groups is 1. The van der Waals surface area contributed by atoms with Crippen molar-refractivity contribution < 1.29 is 9.90 Å². The maximum atomic E-state index is 12.1. The van der Waals surface area contributed by atoms with Crippen molar-refractivity contribution in [3.05, 3.63) is 60.2 Å². The van der Waals surface area contributed by atoms with E-state index < -0.39 is 0 Å². The van der Waals surface area contributed by atoms with Gasteiger partial charge >= 0.3 is 6.03 Å². The molecule has 134 valence electrons. The minimum Gasteiger partial charge on any atom is -0.394 e. The van der Waals surface area contributed by atoms with Crippen molar-refractivity contribution in [2.45, 2.75) is 42.9 Å². The molecule has 0 saturated carbocycles. The molecule has 5 heteroatoms. The Labute approximate surface area is 154 Å². The van der Waals surface area contributed by atoms with E-state index in [0.717, 1.165) is 16.1 Å². The summed E-state index contributed by atoms with van der Waals surface area (Å²) >= 11 is 1.78. The minimum absolute atomic E-state index is 0.108. The zero-order chi connectivity index (χ0) is 18.3. The first-order valence-electron chi connectivity index (χ1n) is 8.37. The first-order chi connectivity index (χ1) is 11.9. The van der Waals surface area contributed by atoms with Gasteiger partial charge in [0.2, 0.25) is 0 Å². The third-order valence-electron chi connectivity index (χ3n) is 3.42. The fraction of sp³-hybridized carbons (Fsp3) is 0.350. The summed E-state index contributed by atoms with van der Waals surface area (Å²) < 4.78 is 0.151. The zero-order valence-corrected chi connectivity index (χ0v) is 15.8. The SMILES string of the molecule is CC(C)(C)Sc1ccc(NC(=O)NC(CO)Cc2ccccc2)cc1. The van der Waals surface area contributed by atoms with Crippen LogP contribution in [0.15, 0.2) is 59.5 Å². The number of hydrogen-bond donors (Lipinski definition) is 3. The van der Waals surface area contributed by atoms with Crippen molar-refractivity contribution in [2.75, 3.05) is 11.9 Å². The van der Waals surface area contributed by atoms with Gasteiger partial charge in [0.25, 0.3) is 0 Å². The van der Waals surface area contributed by atoms with Gasteiger partial charge in [0.1, 0.15) is 0 Å². The van der Waals surface area contributed by atoms with Gasteiger partial charge in [-0.05, 0) is 36.2 Å². The lowest BCUT2D eigenvalue weighted by molar-refractivity contribution is 0.224. The quantitative estimate of drug-likeness (QED) is 0.675. The largest absolute Gasteiger partial charge is 0.394 e. The standard InChI is InChI=1S/C20H26N2O2S/c1-20(2,3)25-18-11-9-16(10-12-18)21-19(24)22-17(14-23)13-15-7-5-4-6-8-15/h4-12,17,23H,13-14H2,1-3H3,(H2,21,22,24). The van der Waals surface area contributed by atoms with Crippen LogP contribution < -0.4 is 10.6 Å². The molecule has 0 fully saturated rings. The maximum absolute atomic E-state index is 12.1. The van der Waals surface area contributed by atoms with Crippen LogP contribution >= 0.6 is 11.8 Å². The van der Waals surface area contributed by atoms with Gasteiger partial charge in [-0.2, -0.15) is 0 Å². The van der Waals surface area contributed by atoms with Gasteiger partial charge in [-0.1, -0.05) is 51.1 Å². The molecule has 2 aromatic carbocycles. The molecule has 2 rings (SSSR count). The molecule has 0 radical (unpaired) electrons. The topological polar surface area (TPSA) is 61.4 Å². The van der Waals surface area contributed by atoms with Crippen molar-refractivity contribution in [2.24, 2.45) is 0 Å². The van der Waals surface area contributed by atoms with E-state index in [1.54, 1.807) is 11.8 Å². The third kappa shape index (κ3) is 7.20. The molecule has 0 aliphatic rings. The Morgan fingerprint density at radius 1 is 1.08 bits per heavy atom. The monoisotopic (exact) mass is 358 g/mol. The summed E-state index contributed by atoms with van der Waals surface area (Å²) in [7, 11) is 0. The Bertz CT molecular complexity index is 666. The van der Waals surface area contributed by atoms with E-state index in [1.807, 2.05) is 54.6 Å². The second-order valence-corrected chi connectivity index (χ2v) is 8.81. The lowest BCUT2D eigenvalue weighted by atomic mass is 10.1. The molecule has 3 N–H and O–H groups in total. The van der Waals surface area contributed by atoms with Crippen LogP contribution in [0.1, 0.15) is 26.3 Å². The third-order valence-corrected chi connectivity index (χ3v) is 4.54. The Morgan fingerprint density at radius 3 is 2.28 bits per heavy atom. The summed E-state index contributed by atoms with van der Waals surface area (Å²) in [5.41, 5.74) is 1.80. The normalized spacial score (nSPS) is 12.5. The predicted octanol–water partition coefficient (Wildman–Crippen LogP) is 4.30. The highest BCUT2D eigenvalue weighted by Gasteiger charge is 2.13. The van der Waals surface area contributed by atoms with Gasteiger partial charge < -0.3 is 15.7 Å². The highest BCUT2D eigenvalue weighted by atomic mass is 32.2. The summed E-state index contributed by atoms with van der Waals surface area (Å²) in [5, 5.41) is 15.1. The fourth-order valence-electron chi connectivity index (χ4n) is 2.37. The van der Waals surface area contributed by atoms with Gasteiger partial charge in [-0.25, -0.2) is 4.79 Å². The van der Waals surface area contributed by atoms with Gasteiger partial charge in [0.05, 0.1) is 12.6 Å². The molecule has 0 aliphatic heterocycles. The van der Waals surface area contributed by atoms with Crippen molar-refractivity contribution in [1.82, 2.24) is 5.32 Å². The maximum Gasteiger partial charge on any atom is 0.319 e. The summed E-state index contributed by atoms with van der Waals surface area (Å²) in [4.78, 5) is 13.3. The van der Waals surface area contributed by atoms with Crippen LogP contribution in [0.25, 0.3) is 0 Å². The van der Waals surface area contributed by atoms with E-state index in [2.05, 4.69) is 31.4 Å². The Hall–Kier alpha value is -1.98. The number of anilines is 1. The number of amides is 2. The average molecular weight is 359 g/mol. The molecule has 1 unspecified atom stereocenters. The van der Waals surface area contributed by atoms with E-state index in [0.29, 0.717) is 6.42 Å². The summed E-state index contributed by atoms with van der Waals surface area (Å²) in [5.74, 6) is 0. The van der Waals surface area contributed by atoms with E-state index in [9.17, 15) is 9.90 Å². The molecule has 0 heterocycles. The van der Waals surface area contributed by atoms with Crippen LogP contribution in [0.5, 0.6) is 0 Å². The molecule has 0 bridgehead atoms. The lowest BCUT2D eigenvalue weighted by Crippen LogP contribution is -2.41. The van der Waals surface area contributed by atoms with Crippen LogP contribution in [0.4, 0.5) is 10.5 Å². The number of benzene rings is 2. The number of thioether (sulfide) groups is 1. The van der Waals surface area contributed by atoms with E-state index in [4.69, 9.17) is 0 Å². The Morgan fingerprint density at radius 2 is 1.72 bits per heavy atom. The smallest absolute Gasteiger partial charge is 0.319 e. The molecule has 0 aromatic heterocycles. The van der Waals surface area contributed by atoms with E-state index in [1.165, 1.54) is 0 Å². The Kier molecular flexibility index (Phi) is 6.91. The minimum atomic E-state index is -0.321. The highest BCUT2D eigenvalue weighted by molar-refractivity contribution is 8.00. The second-order valence-electron chi connectivity index (χ2n) is 6.91. The van der Waals surface area contributed by atoms with Gasteiger partial charge in [-0.3, -0.25) is 0 Å². The number of hydrogen-bond acceptors (Lipinski definition) is 3. The van der Waals surface area contributed by atoms with E-state index >= 15 is 0 Å². The lowest BCUT2D eigenvalue weighted by Gasteiger charge is -2.18. The predicted molar refractivity (Wildman–Crippen MR) is 105 cm³/mol.